The molecule has 21 heavy (non-hydrogen) atoms. The Morgan fingerprint density at radius 1 is 1.14 bits per heavy atom. The van der Waals surface area contributed by atoms with E-state index in [1.54, 1.807) is 0 Å². The average molecular weight is 309 g/mol. The summed E-state index contributed by atoms with van der Waals surface area (Å²) in [4.78, 5) is 11.7. The van der Waals surface area contributed by atoms with Crippen molar-refractivity contribution in [2.75, 3.05) is 0 Å². The number of hydrogen-bond donors (Lipinski definition) is 1. The van der Waals surface area contributed by atoms with Crippen molar-refractivity contribution < 1.29 is 4.79 Å². The molecule has 3 nitrogen and oxygen atoms in total. The van der Waals surface area contributed by atoms with E-state index in [0.29, 0.717) is 11.4 Å². The lowest BCUT2D eigenvalue weighted by atomic mass is 10.1. The lowest BCUT2D eigenvalue weighted by molar-refractivity contribution is -0.121. The summed E-state index contributed by atoms with van der Waals surface area (Å²) in [7, 11) is 0. The van der Waals surface area contributed by atoms with E-state index in [-0.39, 0.29) is 5.91 Å². The molecule has 1 aromatic carbocycles. The largest absolute Gasteiger partial charge is 0.273 e. The minimum atomic E-state index is -0.0307. The van der Waals surface area contributed by atoms with Gasteiger partial charge in [0.15, 0.2) is 0 Å². The Morgan fingerprint density at radius 3 is 2.52 bits per heavy atom. The highest BCUT2D eigenvalue weighted by molar-refractivity contribution is 6.34. The second-order valence-electron chi connectivity index (χ2n) is 5.23. The van der Waals surface area contributed by atoms with Gasteiger partial charge >= 0.3 is 0 Å². The highest BCUT2D eigenvalue weighted by Gasteiger charge is 2.04. The zero-order valence-corrected chi connectivity index (χ0v) is 13.7. The molecule has 0 bridgehead atoms. The maximum atomic E-state index is 11.7. The third-order valence-corrected chi connectivity index (χ3v) is 3.70. The number of hydrogen-bond acceptors (Lipinski definition) is 2. The van der Waals surface area contributed by atoms with Crippen LogP contribution < -0.4 is 5.43 Å². The fraction of sp³-hybridized carbons (Fsp3) is 0.529. The van der Waals surface area contributed by atoms with E-state index >= 15 is 0 Å². The van der Waals surface area contributed by atoms with Crippen molar-refractivity contribution in [3.8, 4) is 0 Å². The molecule has 1 rings (SSSR count). The molecule has 0 spiro atoms. The Balaban J connectivity index is 2.29. The van der Waals surface area contributed by atoms with Crippen LogP contribution in [0, 0.1) is 0 Å². The Bertz CT molecular complexity index is 472. The van der Waals surface area contributed by atoms with Gasteiger partial charge in [0, 0.05) is 17.0 Å². The first-order valence-corrected chi connectivity index (χ1v) is 8.11. The molecule has 1 aromatic rings. The number of rotatable bonds is 9. The molecule has 0 aliphatic carbocycles. The molecule has 0 heterocycles. The molecular weight excluding hydrogens is 284 g/mol. The Labute approximate surface area is 132 Å². The third kappa shape index (κ3) is 7.28. The minimum Gasteiger partial charge on any atom is -0.273 e. The molecule has 116 valence electrons. The molecular formula is C17H25ClN2O. The molecule has 1 N–H and O–H groups in total. The van der Waals surface area contributed by atoms with Gasteiger partial charge in [-0.3, -0.25) is 4.79 Å². The number of nitrogens with zero attached hydrogens (tertiary/aromatic N) is 1. The Morgan fingerprint density at radius 2 is 1.81 bits per heavy atom. The summed E-state index contributed by atoms with van der Waals surface area (Å²) in [5.41, 5.74) is 4.17. The van der Waals surface area contributed by atoms with Crippen LogP contribution in [0.2, 0.25) is 5.02 Å². The van der Waals surface area contributed by atoms with Gasteiger partial charge in [-0.25, -0.2) is 5.43 Å². The van der Waals surface area contributed by atoms with Crippen LogP contribution in [0.25, 0.3) is 0 Å². The lowest BCUT2D eigenvalue weighted by Gasteiger charge is -2.04. The van der Waals surface area contributed by atoms with Crippen LogP contribution >= 0.6 is 11.6 Å². The SMILES string of the molecule is CCCCCCCCC(=O)NN=C(C)c1ccccc1Cl. The molecule has 0 aromatic heterocycles. The van der Waals surface area contributed by atoms with E-state index in [1.165, 1.54) is 25.7 Å². The fourth-order valence-electron chi connectivity index (χ4n) is 2.08. The molecule has 0 saturated carbocycles. The topological polar surface area (TPSA) is 41.5 Å². The molecule has 0 saturated heterocycles. The van der Waals surface area contributed by atoms with E-state index < -0.39 is 0 Å². The predicted molar refractivity (Wildman–Crippen MR) is 89.8 cm³/mol. The molecule has 0 radical (unpaired) electrons. The number of carbonyl (C=O) groups excluding carboxylic acids is 1. The van der Waals surface area contributed by atoms with Gasteiger partial charge in [-0.2, -0.15) is 5.10 Å². The van der Waals surface area contributed by atoms with Crippen molar-refractivity contribution >= 4 is 23.2 Å². The van der Waals surface area contributed by atoms with Crippen LogP contribution in [-0.2, 0) is 4.79 Å². The molecule has 0 unspecified atom stereocenters. The van der Waals surface area contributed by atoms with Gasteiger partial charge in [0.05, 0.1) is 5.71 Å². The van der Waals surface area contributed by atoms with Crippen LogP contribution in [-0.4, -0.2) is 11.6 Å². The van der Waals surface area contributed by atoms with E-state index in [2.05, 4.69) is 17.5 Å². The lowest BCUT2D eigenvalue weighted by Crippen LogP contribution is -2.18. The van der Waals surface area contributed by atoms with Crippen molar-refractivity contribution in [3.63, 3.8) is 0 Å². The number of benzene rings is 1. The van der Waals surface area contributed by atoms with E-state index in [1.807, 2.05) is 31.2 Å². The van der Waals surface area contributed by atoms with Crippen LogP contribution in [0.15, 0.2) is 29.4 Å². The van der Waals surface area contributed by atoms with Gasteiger partial charge in [-0.15, -0.1) is 0 Å². The van der Waals surface area contributed by atoms with Gasteiger partial charge in [0.25, 0.3) is 0 Å². The second kappa shape index (κ2) is 10.4. The van der Waals surface area contributed by atoms with Gasteiger partial charge < -0.3 is 0 Å². The first kappa shape index (κ1) is 17.7. The highest BCUT2D eigenvalue weighted by Crippen LogP contribution is 2.15. The molecule has 0 aliphatic rings. The number of unbranched alkanes of at least 4 members (excludes halogenated alkanes) is 5. The van der Waals surface area contributed by atoms with Gasteiger partial charge in [-0.1, -0.05) is 68.8 Å². The minimum absolute atomic E-state index is 0.0307. The molecule has 0 atom stereocenters. The van der Waals surface area contributed by atoms with Crippen LogP contribution in [0.1, 0.15) is 64.4 Å². The summed E-state index contributed by atoms with van der Waals surface area (Å²) < 4.78 is 0. The third-order valence-electron chi connectivity index (χ3n) is 3.37. The smallest absolute Gasteiger partial charge is 0.240 e. The maximum Gasteiger partial charge on any atom is 0.240 e. The van der Waals surface area contributed by atoms with E-state index in [0.717, 1.165) is 24.1 Å². The van der Waals surface area contributed by atoms with E-state index in [9.17, 15) is 4.79 Å². The summed E-state index contributed by atoms with van der Waals surface area (Å²) >= 11 is 6.08. The number of amides is 1. The monoisotopic (exact) mass is 308 g/mol. The fourth-order valence-corrected chi connectivity index (χ4v) is 2.36. The average Bonchev–Trinajstić information content (AvgIpc) is 2.49. The summed E-state index contributed by atoms with van der Waals surface area (Å²) in [6.07, 6.45) is 7.58. The van der Waals surface area contributed by atoms with Crippen LogP contribution in [0.5, 0.6) is 0 Å². The summed E-state index contributed by atoms with van der Waals surface area (Å²) in [6.45, 7) is 4.04. The van der Waals surface area contributed by atoms with Gasteiger partial charge in [0.1, 0.15) is 0 Å². The van der Waals surface area contributed by atoms with Crippen LogP contribution in [0.3, 0.4) is 0 Å². The standard InChI is InChI=1S/C17H25ClN2O/c1-3-4-5-6-7-8-13-17(21)20-19-14(2)15-11-9-10-12-16(15)18/h9-12H,3-8,13H2,1-2H3,(H,20,21). The van der Waals surface area contributed by atoms with Gasteiger partial charge in [0.2, 0.25) is 5.91 Å². The maximum absolute atomic E-state index is 11.7. The summed E-state index contributed by atoms with van der Waals surface area (Å²) in [5.74, 6) is -0.0307. The molecule has 1 amide bonds. The van der Waals surface area contributed by atoms with Crippen molar-refractivity contribution in [2.45, 2.75) is 58.8 Å². The van der Waals surface area contributed by atoms with Crippen LogP contribution in [0.4, 0.5) is 0 Å². The molecule has 0 fully saturated rings. The predicted octanol–water partition coefficient (Wildman–Crippen LogP) is 4.93. The normalized spacial score (nSPS) is 11.5. The Hall–Kier alpha value is -1.35. The zero-order chi connectivity index (χ0) is 15.5. The number of halogens is 1. The van der Waals surface area contributed by atoms with Crippen molar-refractivity contribution in [3.05, 3.63) is 34.9 Å². The highest BCUT2D eigenvalue weighted by atomic mass is 35.5. The van der Waals surface area contributed by atoms with Crippen molar-refractivity contribution in [2.24, 2.45) is 5.10 Å². The summed E-state index contributed by atoms with van der Waals surface area (Å²) in [5, 5.41) is 4.76. The quantitative estimate of drug-likeness (QED) is 0.392. The summed E-state index contributed by atoms with van der Waals surface area (Å²) in [6, 6.07) is 7.48. The molecule has 4 heteroatoms. The van der Waals surface area contributed by atoms with Crippen molar-refractivity contribution in [1.29, 1.82) is 0 Å². The first-order valence-electron chi connectivity index (χ1n) is 7.73. The van der Waals surface area contributed by atoms with Crippen molar-refractivity contribution in [1.82, 2.24) is 5.43 Å². The first-order chi connectivity index (χ1) is 10.1. The van der Waals surface area contributed by atoms with E-state index in [4.69, 9.17) is 11.6 Å². The van der Waals surface area contributed by atoms with Gasteiger partial charge in [-0.05, 0) is 19.4 Å². The molecule has 0 aliphatic heterocycles. The number of carbonyl (C=O) groups is 1. The second-order valence-corrected chi connectivity index (χ2v) is 5.64. The Kier molecular flexibility index (Phi) is 8.76. The zero-order valence-electron chi connectivity index (χ0n) is 13.0. The number of nitrogens with one attached hydrogen (secondary N) is 1. The number of hydrazone groups is 1.